The van der Waals surface area contributed by atoms with E-state index >= 15 is 0 Å². The first-order chi connectivity index (χ1) is 9.84. The fourth-order valence-corrected chi connectivity index (χ4v) is 2.89. The molecule has 1 amide bonds. The van der Waals surface area contributed by atoms with Crippen molar-refractivity contribution in [3.8, 4) is 0 Å². The third-order valence-corrected chi connectivity index (χ3v) is 3.98. The van der Waals surface area contributed by atoms with Crippen molar-refractivity contribution >= 4 is 5.91 Å². The number of hydrogen-bond donors (Lipinski definition) is 0. The van der Waals surface area contributed by atoms with Crippen LogP contribution in [-0.2, 0) is 6.54 Å². The minimum Gasteiger partial charge on any atom is -0.472 e. The van der Waals surface area contributed by atoms with Crippen LogP contribution in [0.4, 0.5) is 0 Å². The van der Waals surface area contributed by atoms with Crippen LogP contribution >= 0.6 is 0 Å². The van der Waals surface area contributed by atoms with Crippen LogP contribution in [0.5, 0.6) is 0 Å². The number of nitrogens with zero attached hydrogens (tertiary/aromatic N) is 1. The molecule has 2 aromatic heterocycles. The Labute approximate surface area is 118 Å². The lowest BCUT2D eigenvalue weighted by molar-refractivity contribution is 0.0613. The lowest BCUT2D eigenvalue weighted by Gasteiger charge is -2.34. The van der Waals surface area contributed by atoms with Crippen LogP contribution < -0.4 is 0 Å². The molecule has 20 heavy (non-hydrogen) atoms. The average molecular weight is 273 g/mol. The topological polar surface area (TPSA) is 46.6 Å². The second-order valence-corrected chi connectivity index (χ2v) is 5.37. The van der Waals surface area contributed by atoms with E-state index in [0.717, 1.165) is 18.4 Å². The predicted molar refractivity (Wildman–Crippen MR) is 74.2 cm³/mol. The highest BCUT2D eigenvalue weighted by Gasteiger charge is 2.27. The summed E-state index contributed by atoms with van der Waals surface area (Å²) in [6.45, 7) is 0.602. The lowest BCUT2D eigenvalue weighted by Crippen LogP contribution is -2.40. The van der Waals surface area contributed by atoms with E-state index in [1.54, 1.807) is 24.9 Å². The molecule has 2 aromatic rings. The van der Waals surface area contributed by atoms with Gasteiger partial charge in [-0.2, -0.15) is 0 Å². The van der Waals surface area contributed by atoms with Gasteiger partial charge in [-0.3, -0.25) is 4.79 Å². The van der Waals surface area contributed by atoms with Crippen molar-refractivity contribution in [2.75, 3.05) is 0 Å². The standard InChI is InChI=1S/C16H19NO3/c18-16(14-7-9-20-12-14)17(10-13-6-8-19-11-13)15-4-2-1-3-5-15/h6-9,11-12,15H,1-5,10H2. The quantitative estimate of drug-likeness (QED) is 0.850. The zero-order valence-corrected chi connectivity index (χ0v) is 11.5. The highest BCUT2D eigenvalue weighted by molar-refractivity contribution is 5.94. The minimum atomic E-state index is 0.0480. The van der Waals surface area contributed by atoms with Crippen molar-refractivity contribution in [3.05, 3.63) is 48.3 Å². The third kappa shape index (κ3) is 2.79. The van der Waals surface area contributed by atoms with E-state index in [4.69, 9.17) is 8.83 Å². The van der Waals surface area contributed by atoms with E-state index in [1.807, 2.05) is 11.0 Å². The van der Waals surface area contributed by atoms with Gasteiger partial charge in [0.1, 0.15) is 6.26 Å². The molecule has 3 rings (SSSR count). The molecule has 1 aliphatic carbocycles. The Hall–Kier alpha value is -1.97. The molecule has 1 aliphatic rings. The van der Waals surface area contributed by atoms with Gasteiger partial charge in [-0.15, -0.1) is 0 Å². The van der Waals surface area contributed by atoms with Gasteiger partial charge in [0, 0.05) is 18.2 Å². The van der Waals surface area contributed by atoms with E-state index in [1.165, 1.54) is 25.5 Å². The van der Waals surface area contributed by atoms with Gasteiger partial charge >= 0.3 is 0 Å². The molecule has 0 radical (unpaired) electrons. The SMILES string of the molecule is O=C(c1ccoc1)N(Cc1ccoc1)C1CCCCC1. The summed E-state index contributed by atoms with van der Waals surface area (Å²) < 4.78 is 10.2. The Balaban J connectivity index is 1.80. The fraction of sp³-hybridized carbons (Fsp3) is 0.438. The molecule has 0 bridgehead atoms. The first-order valence-corrected chi connectivity index (χ1v) is 7.19. The van der Waals surface area contributed by atoms with Gasteiger partial charge in [-0.25, -0.2) is 0 Å². The summed E-state index contributed by atoms with van der Waals surface area (Å²) in [5.41, 5.74) is 1.66. The molecule has 0 aromatic carbocycles. The Morgan fingerprint density at radius 2 is 1.85 bits per heavy atom. The van der Waals surface area contributed by atoms with Crippen LogP contribution in [0.3, 0.4) is 0 Å². The Morgan fingerprint density at radius 1 is 1.10 bits per heavy atom. The summed E-state index contributed by atoms with van der Waals surface area (Å²) in [4.78, 5) is 14.6. The summed E-state index contributed by atoms with van der Waals surface area (Å²) in [5.74, 6) is 0.0480. The summed E-state index contributed by atoms with van der Waals surface area (Å²) in [6.07, 6.45) is 12.3. The number of rotatable bonds is 4. The Kier molecular flexibility index (Phi) is 3.90. The zero-order valence-electron chi connectivity index (χ0n) is 11.5. The Morgan fingerprint density at radius 3 is 2.50 bits per heavy atom. The molecule has 4 heteroatoms. The zero-order chi connectivity index (χ0) is 13.8. The lowest BCUT2D eigenvalue weighted by atomic mass is 9.93. The van der Waals surface area contributed by atoms with Crippen LogP contribution in [0.1, 0.15) is 48.0 Å². The average Bonchev–Trinajstić information content (AvgIpc) is 3.18. The molecule has 4 nitrogen and oxygen atoms in total. The van der Waals surface area contributed by atoms with Crippen LogP contribution in [0.2, 0.25) is 0 Å². The number of carbonyl (C=O) groups is 1. The molecule has 0 aliphatic heterocycles. The van der Waals surface area contributed by atoms with E-state index in [9.17, 15) is 4.79 Å². The molecule has 106 valence electrons. The summed E-state index contributed by atoms with van der Waals surface area (Å²) >= 11 is 0. The first kappa shape index (κ1) is 13.0. The maximum absolute atomic E-state index is 12.7. The summed E-state index contributed by atoms with van der Waals surface area (Å²) in [7, 11) is 0. The van der Waals surface area contributed by atoms with Crippen LogP contribution in [0.15, 0.2) is 46.0 Å². The molecule has 0 saturated heterocycles. The first-order valence-electron chi connectivity index (χ1n) is 7.19. The molecule has 0 N–H and O–H groups in total. The minimum absolute atomic E-state index is 0.0480. The van der Waals surface area contributed by atoms with Gasteiger partial charge in [-0.1, -0.05) is 19.3 Å². The maximum atomic E-state index is 12.7. The van der Waals surface area contributed by atoms with Crippen molar-refractivity contribution in [3.63, 3.8) is 0 Å². The van der Waals surface area contributed by atoms with E-state index in [0.29, 0.717) is 18.2 Å². The normalized spacial score (nSPS) is 16.2. The van der Waals surface area contributed by atoms with Gasteiger partial charge in [0.25, 0.3) is 5.91 Å². The molecular formula is C16H19NO3. The van der Waals surface area contributed by atoms with Crippen molar-refractivity contribution in [2.45, 2.75) is 44.7 Å². The second kappa shape index (κ2) is 5.99. The van der Waals surface area contributed by atoms with Gasteiger partial charge < -0.3 is 13.7 Å². The van der Waals surface area contributed by atoms with Gasteiger partial charge in [0.15, 0.2) is 0 Å². The van der Waals surface area contributed by atoms with Gasteiger partial charge in [0.05, 0.1) is 24.4 Å². The number of carbonyl (C=O) groups excluding carboxylic acids is 1. The monoisotopic (exact) mass is 273 g/mol. The van der Waals surface area contributed by atoms with Crippen molar-refractivity contribution < 1.29 is 13.6 Å². The van der Waals surface area contributed by atoms with E-state index in [2.05, 4.69) is 0 Å². The van der Waals surface area contributed by atoms with Gasteiger partial charge in [0.2, 0.25) is 0 Å². The molecule has 1 saturated carbocycles. The highest BCUT2D eigenvalue weighted by Crippen LogP contribution is 2.25. The van der Waals surface area contributed by atoms with Crippen molar-refractivity contribution in [1.29, 1.82) is 0 Å². The number of furan rings is 2. The molecule has 0 spiro atoms. The maximum Gasteiger partial charge on any atom is 0.257 e. The number of amides is 1. The van der Waals surface area contributed by atoms with E-state index in [-0.39, 0.29) is 5.91 Å². The molecule has 2 heterocycles. The molecular weight excluding hydrogens is 254 g/mol. The molecule has 1 fully saturated rings. The Bertz CT molecular complexity index is 524. The summed E-state index contributed by atoms with van der Waals surface area (Å²) in [5, 5.41) is 0. The number of hydrogen-bond acceptors (Lipinski definition) is 3. The van der Waals surface area contributed by atoms with Crippen molar-refractivity contribution in [1.82, 2.24) is 4.90 Å². The fourth-order valence-electron chi connectivity index (χ4n) is 2.89. The van der Waals surface area contributed by atoms with Gasteiger partial charge in [-0.05, 0) is 25.0 Å². The molecule has 0 unspecified atom stereocenters. The highest BCUT2D eigenvalue weighted by atomic mass is 16.3. The van der Waals surface area contributed by atoms with Crippen LogP contribution in [-0.4, -0.2) is 16.8 Å². The van der Waals surface area contributed by atoms with Crippen LogP contribution in [0, 0.1) is 0 Å². The van der Waals surface area contributed by atoms with E-state index < -0.39 is 0 Å². The predicted octanol–water partition coefficient (Wildman–Crippen LogP) is 3.85. The van der Waals surface area contributed by atoms with Crippen LogP contribution in [0.25, 0.3) is 0 Å². The van der Waals surface area contributed by atoms with Crippen molar-refractivity contribution in [2.24, 2.45) is 0 Å². The third-order valence-electron chi connectivity index (χ3n) is 3.98. The second-order valence-electron chi connectivity index (χ2n) is 5.37. The molecule has 0 atom stereocenters. The largest absolute Gasteiger partial charge is 0.472 e. The summed E-state index contributed by atoms with van der Waals surface area (Å²) in [6, 6.07) is 3.97. The smallest absolute Gasteiger partial charge is 0.257 e.